The molecule has 2 unspecified atom stereocenters. The number of anilines is 1. The Morgan fingerprint density at radius 2 is 2.35 bits per heavy atom. The predicted molar refractivity (Wildman–Crippen MR) is 61.1 cm³/mol. The van der Waals surface area contributed by atoms with Gasteiger partial charge in [-0.1, -0.05) is 6.92 Å². The van der Waals surface area contributed by atoms with E-state index < -0.39 is 12.0 Å². The molecule has 2 atom stereocenters. The molecule has 1 aliphatic rings. The molecular formula is C11H15N3O3. The highest BCUT2D eigenvalue weighted by molar-refractivity contribution is 5.79. The summed E-state index contributed by atoms with van der Waals surface area (Å²) in [5.74, 6) is 0.355. The maximum absolute atomic E-state index is 11.2. The van der Waals surface area contributed by atoms with Gasteiger partial charge in [-0.05, 0) is 12.3 Å². The van der Waals surface area contributed by atoms with E-state index in [1.165, 1.54) is 13.4 Å². The highest BCUT2D eigenvalue weighted by atomic mass is 16.5. The molecule has 1 aromatic rings. The van der Waals surface area contributed by atoms with Crippen LogP contribution in [0.5, 0.6) is 5.88 Å². The first-order valence-corrected chi connectivity index (χ1v) is 5.49. The van der Waals surface area contributed by atoms with Crippen LogP contribution >= 0.6 is 0 Å². The van der Waals surface area contributed by atoms with Gasteiger partial charge in [0, 0.05) is 12.6 Å². The number of aliphatic carboxylic acids is 1. The topological polar surface area (TPSA) is 75.5 Å². The molecule has 0 saturated carbocycles. The number of carboxylic acid groups (broad SMARTS) is 1. The number of hydrogen-bond acceptors (Lipinski definition) is 5. The summed E-state index contributed by atoms with van der Waals surface area (Å²) in [4.78, 5) is 21.0. The van der Waals surface area contributed by atoms with Crippen LogP contribution in [-0.2, 0) is 4.79 Å². The minimum atomic E-state index is -0.812. The van der Waals surface area contributed by atoms with Crippen molar-refractivity contribution < 1.29 is 14.6 Å². The van der Waals surface area contributed by atoms with Gasteiger partial charge in [-0.2, -0.15) is 0 Å². The van der Waals surface area contributed by atoms with Crippen molar-refractivity contribution in [2.24, 2.45) is 5.92 Å². The molecule has 2 heterocycles. The zero-order valence-corrected chi connectivity index (χ0v) is 9.83. The van der Waals surface area contributed by atoms with E-state index in [9.17, 15) is 9.90 Å². The first-order valence-electron chi connectivity index (χ1n) is 5.49. The maximum atomic E-state index is 11.2. The molecule has 1 aliphatic heterocycles. The Labute approximate surface area is 99.2 Å². The molecule has 0 aliphatic carbocycles. The Balaban J connectivity index is 2.29. The standard InChI is InChI=1S/C11H15N3O3/c1-7-3-4-14(10(7)11(15)16)8-5-9(17-2)13-6-12-8/h5-7,10H,3-4H2,1-2H3,(H,15,16). The molecular weight excluding hydrogens is 222 g/mol. The lowest BCUT2D eigenvalue weighted by atomic mass is 10.0. The number of methoxy groups -OCH3 is 1. The maximum Gasteiger partial charge on any atom is 0.326 e. The van der Waals surface area contributed by atoms with Crippen LogP contribution in [0.2, 0.25) is 0 Å². The van der Waals surface area contributed by atoms with E-state index in [4.69, 9.17) is 4.74 Å². The average Bonchev–Trinajstić information content (AvgIpc) is 2.71. The smallest absolute Gasteiger partial charge is 0.326 e. The molecule has 1 saturated heterocycles. The van der Waals surface area contributed by atoms with Gasteiger partial charge in [-0.3, -0.25) is 0 Å². The SMILES string of the molecule is COc1cc(N2CCC(C)C2C(=O)O)ncn1. The van der Waals surface area contributed by atoms with Crippen molar-refractivity contribution in [3.05, 3.63) is 12.4 Å². The second-order valence-corrected chi connectivity index (χ2v) is 4.16. The third-order valence-corrected chi connectivity index (χ3v) is 3.08. The highest BCUT2D eigenvalue weighted by Gasteiger charge is 2.37. The molecule has 0 spiro atoms. The van der Waals surface area contributed by atoms with Crippen LogP contribution in [-0.4, -0.2) is 40.7 Å². The van der Waals surface area contributed by atoms with Crippen molar-refractivity contribution in [3.8, 4) is 5.88 Å². The van der Waals surface area contributed by atoms with Gasteiger partial charge in [0.25, 0.3) is 0 Å². The normalized spacial score (nSPS) is 23.8. The largest absolute Gasteiger partial charge is 0.481 e. The van der Waals surface area contributed by atoms with Crippen LogP contribution in [0.4, 0.5) is 5.82 Å². The van der Waals surface area contributed by atoms with Crippen LogP contribution in [0.1, 0.15) is 13.3 Å². The minimum Gasteiger partial charge on any atom is -0.481 e. The number of hydrogen-bond donors (Lipinski definition) is 1. The molecule has 6 heteroatoms. The van der Waals surface area contributed by atoms with Crippen molar-refractivity contribution in [1.29, 1.82) is 0 Å². The quantitative estimate of drug-likeness (QED) is 0.837. The van der Waals surface area contributed by atoms with E-state index in [1.807, 2.05) is 6.92 Å². The Morgan fingerprint density at radius 1 is 1.59 bits per heavy atom. The lowest BCUT2D eigenvalue weighted by Crippen LogP contribution is -2.39. The monoisotopic (exact) mass is 237 g/mol. The summed E-state index contributed by atoms with van der Waals surface area (Å²) in [5, 5.41) is 9.23. The third kappa shape index (κ3) is 2.15. The second kappa shape index (κ2) is 4.57. The number of nitrogens with zero attached hydrogens (tertiary/aromatic N) is 3. The van der Waals surface area contributed by atoms with Crippen LogP contribution < -0.4 is 9.64 Å². The Morgan fingerprint density at radius 3 is 3.00 bits per heavy atom. The zero-order chi connectivity index (χ0) is 12.4. The van der Waals surface area contributed by atoms with Gasteiger partial charge in [-0.15, -0.1) is 0 Å². The highest BCUT2D eigenvalue weighted by Crippen LogP contribution is 2.29. The van der Waals surface area contributed by atoms with E-state index in [2.05, 4.69) is 9.97 Å². The summed E-state index contributed by atoms with van der Waals surface area (Å²) in [6.45, 7) is 2.63. The molecule has 0 radical (unpaired) electrons. The minimum absolute atomic E-state index is 0.119. The van der Waals surface area contributed by atoms with Crippen molar-refractivity contribution in [2.75, 3.05) is 18.6 Å². The Hall–Kier alpha value is -1.85. The molecule has 92 valence electrons. The fourth-order valence-corrected chi connectivity index (χ4v) is 2.18. The summed E-state index contributed by atoms with van der Waals surface area (Å²) in [5.41, 5.74) is 0. The Kier molecular flexibility index (Phi) is 3.12. The zero-order valence-electron chi connectivity index (χ0n) is 9.83. The lowest BCUT2D eigenvalue weighted by Gasteiger charge is -2.24. The first-order chi connectivity index (χ1) is 8.13. The predicted octanol–water partition coefficient (Wildman–Crippen LogP) is 0.785. The summed E-state index contributed by atoms with van der Waals surface area (Å²) in [6.07, 6.45) is 2.24. The van der Waals surface area contributed by atoms with Gasteiger partial charge in [0.05, 0.1) is 7.11 Å². The lowest BCUT2D eigenvalue weighted by molar-refractivity contribution is -0.139. The Bertz CT molecular complexity index is 424. The second-order valence-electron chi connectivity index (χ2n) is 4.16. The molecule has 17 heavy (non-hydrogen) atoms. The summed E-state index contributed by atoms with van der Waals surface area (Å²) in [7, 11) is 1.52. The summed E-state index contributed by atoms with van der Waals surface area (Å²) < 4.78 is 5.01. The van der Waals surface area contributed by atoms with Gasteiger partial charge >= 0.3 is 5.97 Å². The molecule has 0 bridgehead atoms. The van der Waals surface area contributed by atoms with E-state index in [1.54, 1.807) is 11.0 Å². The number of rotatable bonds is 3. The molecule has 0 aromatic carbocycles. The number of aromatic nitrogens is 2. The fraction of sp³-hybridized carbons (Fsp3) is 0.545. The van der Waals surface area contributed by atoms with Gasteiger partial charge in [0.2, 0.25) is 5.88 Å². The number of ether oxygens (including phenoxy) is 1. The van der Waals surface area contributed by atoms with Crippen LogP contribution in [0.15, 0.2) is 12.4 Å². The van der Waals surface area contributed by atoms with Crippen LogP contribution in [0.25, 0.3) is 0 Å². The van der Waals surface area contributed by atoms with Gasteiger partial charge in [-0.25, -0.2) is 14.8 Å². The molecule has 0 amide bonds. The van der Waals surface area contributed by atoms with Crippen molar-refractivity contribution >= 4 is 11.8 Å². The summed E-state index contributed by atoms with van der Waals surface area (Å²) >= 11 is 0. The van der Waals surface area contributed by atoms with E-state index in [0.717, 1.165) is 6.42 Å². The van der Waals surface area contributed by atoms with E-state index in [0.29, 0.717) is 18.2 Å². The fourth-order valence-electron chi connectivity index (χ4n) is 2.18. The summed E-state index contributed by atoms with van der Waals surface area (Å²) in [6, 6.07) is 1.14. The molecule has 2 rings (SSSR count). The molecule has 1 aromatic heterocycles. The molecule has 6 nitrogen and oxygen atoms in total. The average molecular weight is 237 g/mol. The van der Waals surface area contributed by atoms with Crippen LogP contribution in [0, 0.1) is 5.92 Å². The van der Waals surface area contributed by atoms with Crippen molar-refractivity contribution in [2.45, 2.75) is 19.4 Å². The molecule has 1 fully saturated rings. The number of carbonyl (C=O) groups is 1. The van der Waals surface area contributed by atoms with Crippen molar-refractivity contribution in [1.82, 2.24) is 9.97 Å². The third-order valence-electron chi connectivity index (χ3n) is 3.08. The molecule has 1 N–H and O–H groups in total. The van der Waals surface area contributed by atoms with Gasteiger partial charge < -0.3 is 14.7 Å². The van der Waals surface area contributed by atoms with Crippen LogP contribution in [0.3, 0.4) is 0 Å². The van der Waals surface area contributed by atoms with E-state index in [-0.39, 0.29) is 5.92 Å². The van der Waals surface area contributed by atoms with Crippen molar-refractivity contribution in [3.63, 3.8) is 0 Å². The van der Waals surface area contributed by atoms with Gasteiger partial charge in [0.15, 0.2) is 0 Å². The van der Waals surface area contributed by atoms with Gasteiger partial charge in [0.1, 0.15) is 18.2 Å². The van der Waals surface area contributed by atoms with E-state index >= 15 is 0 Å². The first kappa shape index (κ1) is 11.6. The number of carboxylic acids is 1.